The highest BCUT2D eigenvalue weighted by atomic mass is 35.5. The largest absolute Gasteiger partial charge is 0.330 e. The van der Waals surface area contributed by atoms with Crippen LogP contribution in [0.5, 0.6) is 0 Å². The molecule has 1 atom stereocenters. The summed E-state index contributed by atoms with van der Waals surface area (Å²) in [5.74, 6) is 0.222. The fourth-order valence-electron chi connectivity index (χ4n) is 2.84. The van der Waals surface area contributed by atoms with Crippen LogP contribution in [0.1, 0.15) is 24.8 Å². The lowest BCUT2D eigenvalue weighted by molar-refractivity contribution is -0.385. The number of nitro groups is 1. The Morgan fingerprint density at radius 3 is 2.78 bits per heavy atom. The molecule has 2 N–H and O–H groups in total. The Labute approximate surface area is 140 Å². The van der Waals surface area contributed by atoms with Gasteiger partial charge in [-0.25, -0.2) is 8.42 Å². The molecule has 1 aromatic rings. The molecule has 128 valence electrons. The van der Waals surface area contributed by atoms with Crippen LogP contribution in [0.3, 0.4) is 0 Å². The van der Waals surface area contributed by atoms with E-state index in [1.54, 1.807) is 0 Å². The molecule has 9 heteroatoms. The van der Waals surface area contributed by atoms with Gasteiger partial charge in [0.15, 0.2) is 0 Å². The summed E-state index contributed by atoms with van der Waals surface area (Å²) >= 11 is 5.98. The standard InChI is InChI=1S/C14H20ClN3O4S/c1-10-13(15)7-12(8-14(10)18(19)20)23(21,22)17-6-2-3-11(9-17)4-5-16/h7-8,11H,2-6,9,16H2,1H3. The number of rotatable bonds is 5. The molecule has 23 heavy (non-hydrogen) atoms. The lowest BCUT2D eigenvalue weighted by Crippen LogP contribution is -2.40. The Kier molecular flexibility index (Phi) is 5.61. The molecule has 0 aromatic heterocycles. The molecule has 0 saturated carbocycles. The summed E-state index contributed by atoms with van der Waals surface area (Å²) < 4.78 is 27.0. The van der Waals surface area contributed by atoms with Crippen LogP contribution in [0.25, 0.3) is 0 Å². The van der Waals surface area contributed by atoms with Crippen molar-refractivity contribution in [3.05, 3.63) is 32.8 Å². The van der Waals surface area contributed by atoms with E-state index in [0.29, 0.717) is 19.6 Å². The van der Waals surface area contributed by atoms with Crippen LogP contribution in [0.2, 0.25) is 5.02 Å². The first-order chi connectivity index (χ1) is 10.8. The van der Waals surface area contributed by atoms with Gasteiger partial charge in [-0.15, -0.1) is 0 Å². The summed E-state index contributed by atoms with van der Waals surface area (Å²) in [4.78, 5) is 10.3. The van der Waals surface area contributed by atoms with Crippen molar-refractivity contribution in [1.29, 1.82) is 0 Å². The van der Waals surface area contributed by atoms with Crippen LogP contribution in [0.15, 0.2) is 17.0 Å². The van der Waals surface area contributed by atoms with Gasteiger partial charge < -0.3 is 5.73 Å². The van der Waals surface area contributed by atoms with Gasteiger partial charge in [-0.1, -0.05) is 11.6 Å². The van der Waals surface area contributed by atoms with Gasteiger partial charge in [-0.05, 0) is 44.7 Å². The number of hydrogen-bond acceptors (Lipinski definition) is 5. The molecule has 1 heterocycles. The van der Waals surface area contributed by atoms with E-state index >= 15 is 0 Å². The molecule has 1 unspecified atom stereocenters. The van der Waals surface area contributed by atoms with E-state index in [2.05, 4.69) is 0 Å². The first-order valence-corrected chi connectivity index (χ1v) is 9.24. The predicted octanol–water partition coefficient (Wildman–Crippen LogP) is 2.31. The molecule has 0 radical (unpaired) electrons. The maximum Gasteiger partial charge on any atom is 0.275 e. The molecule has 1 aliphatic rings. The van der Waals surface area contributed by atoms with Gasteiger partial charge in [0.2, 0.25) is 10.0 Å². The van der Waals surface area contributed by atoms with Gasteiger partial charge in [0, 0.05) is 24.7 Å². The fourth-order valence-corrected chi connectivity index (χ4v) is 4.73. The molecule has 7 nitrogen and oxygen atoms in total. The number of hydrogen-bond donors (Lipinski definition) is 1. The van der Waals surface area contributed by atoms with E-state index in [4.69, 9.17) is 17.3 Å². The second kappa shape index (κ2) is 7.12. The van der Waals surface area contributed by atoms with Gasteiger partial charge in [0.25, 0.3) is 5.69 Å². The van der Waals surface area contributed by atoms with E-state index in [1.165, 1.54) is 17.3 Å². The lowest BCUT2D eigenvalue weighted by atomic mass is 9.96. The van der Waals surface area contributed by atoms with E-state index in [-0.39, 0.29) is 27.1 Å². The van der Waals surface area contributed by atoms with E-state index in [0.717, 1.165) is 25.3 Å². The van der Waals surface area contributed by atoms with Crippen LogP contribution >= 0.6 is 11.6 Å². The molecule has 0 amide bonds. The maximum absolute atomic E-state index is 12.8. The summed E-state index contributed by atoms with van der Waals surface area (Å²) in [5.41, 5.74) is 5.53. The van der Waals surface area contributed by atoms with Crippen molar-refractivity contribution in [1.82, 2.24) is 4.31 Å². The highest BCUT2D eigenvalue weighted by Gasteiger charge is 2.32. The maximum atomic E-state index is 12.8. The number of benzene rings is 1. The molecule has 1 aliphatic heterocycles. The van der Waals surface area contributed by atoms with Crippen molar-refractivity contribution in [2.24, 2.45) is 11.7 Å². The van der Waals surface area contributed by atoms with Crippen LogP contribution in [-0.2, 0) is 10.0 Å². The SMILES string of the molecule is Cc1c(Cl)cc(S(=O)(=O)N2CCCC(CCN)C2)cc1[N+](=O)[O-]. The number of halogens is 1. The predicted molar refractivity (Wildman–Crippen MR) is 88.0 cm³/mol. The van der Waals surface area contributed by atoms with Crippen molar-refractivity contribution < 1.29 is 13.3 Å². The summed E-state index contributed by atoms with van der Waals surface area (Å²) in [6, 6.07) is 2.37. The third-order valence-electron chi connectivity index (χ3n) is 4.18. The Morgan fingerprint density at radius 1 is 1.48 bits per heavy atom. The lowest BCUT2D eigenvalue weighted by Gasteiger charge is -2.31. The fraction of sp³-hybridized carbons (Fsp3) is 0.571. The number of sulfonamides is 1. The molecule has 0 spiro atoms. The quantitative estimate of drug-likeness (QED) is 0.639. The van der Waals surface area contributed by atoms with Crippen molar-refractivity contribution in [2.45, 2.75) is 31.1 Å². The van der Waals surface area contributed by atoms with Crippen LogP contribution in [0.4, 0.5) is 5.69 Å². The number of nitrogens with two attached hydrogens (primary N) is 1. The van der Waals surface area contributed by atoms with Crippen LogP contribution in [0, 0.1) is 23.0 Å². The molecule has 2 rings (SSSR count). The Balaban J connectivity index is 2.38. The highest BCUT2D eigenvalue weighted by Crippen LogP contribution is 2.32. The Bertz CT molecular complexity index is 706. The van der Waals surface area contributed by atoms with Gasteiger partial charge >= 0.3 is 0 Å². The molecular weight excluding hydrogens is 342 g/mol. The average Bonchev–Trinajstić information content (AvgIpc) is 2.50. The van der Waals surface area contributed by atoms with Crippen LogP contribution < -0.4 is 5.73 Å². The first kappa shape index (κ1) is 18.1. The van der Waals surface area contributed by atoms with Crippen molar-refractivity contribution in [2.75, 3.05) is 19.6 Å². The zero-order valence-corrected chi connectivity index (χ0v) is 14.4. The summed E-state index contributed by atoms with van der Waals surface area (Å²) in [7, 11) is -3.80. The van der Waals surface area contributed by atoms with Crippen molar-refractivity contribution in [3.8, 4) is 0 Å². The minimum absolute atomic E-state index is 0.0771. The molecular formula is C14H20ClN3O4S. The van der Waals surface area contributed by atoms with Crippen LogP contribution in [-0.4, -0.2) is 37.3 Å². The first-order valence-electron chi connectivity index (χ1n) is 7.42. The molecule has 0 aliphatic carbocycles. The molecule has 0 bridgehead atoms. The molecule has 1 fully saturated rings. The number of nitrogens with zero attached hydrogens (tertiary/aromatic N) is 2. The van der Waals surface area contributed by atoms with Gasteiger partial charge in [0.05, 0.1) is 14.8 Å². The summed E-state index contributed by atoms with van der Waals surface area (Å²) in [6.45, 7) is 2.80. The second-order valence-corrected chi connectivity index (χ2v) is 8.10. The van der Waals surface area contributed by atoms with Gasteiger partial charge in [-0.2, -0.15) is 4.31 Å². The normalized spacial score (nSPS) is 19.7. The van der Waals surface area contributed by atoms with Gasteiger partial charge in [0.1, 0.15) is 0 Å². The average molecular weight is 362 g/mol. The third kappa shape index (κ3) is 3.82. The Morgan fingerprint density at radius 2 is 2.17 bits per heavy atom. The van der Waals surface area contributed by atoms with Crippen molar-refractivity contribution in [3.63, 3.8) is 0 Å². The van der Waals surface area contributed by atoms with E-state index in [1.807, 2.05) is 0 Å². The number of piperidine rings is 1. The molecule has 1 aromatic carbocycles. The third-order valence-corrected chi connectivity index (χ3v) is 6.42. The topological polar surface area (TPSA) is 107 Å². The zero-order valence-electron chi connectivity index (χ0n) is 12.9. The minimum atomic E-state index is -3.80. The summed E-state index contributed by atoms with van der Waals surface area (Å²) in [5, 5.41) is 11.2. The smallest absolute Gasteiger partial charge is 0.275 e. The summed E-state index contributed by atoms with van der Waals surface area (Å²) in [6.07, 6.45) is 2.46. The minimum Gasteiger partial charge on any atom is -0.330 e. The molecule has 1 saturated heterocycles. The second-order valence-electron chi connectivity index (χ2n) is 5.75. The van der Waals surface area contributed by atoms with E-state index < -0.39 is 14.9 Å². The monoisotopic (exact) mass is 361 g/mol. The zero-order chi connectivity index (χ0) is 17.2. The van der Waals surface area contributed by atoms with E-state index in [9.17, 15) is 18.5 Å². The Hall–Kier alpha value is -1.22. The number of nitro benzene ring substituents is 1. The highest BCUT2D eigenvalue weighted by molar-refractivity contribution is 7.89. The van der Waals surface area contributed by atoms with Gasteiger partial charge in [-0.3, -0.25) is 10.1 Å². The van der Waals surface area contributed by atoms with Crippen molar-refractivity contribution >= 4 is 27.3 Å².